The molecule has 27 heavy (non-hydrogen) atoms. The Morgan fingerprint density at radius 2 is 1.85 bits per heavy atom. The first kappa shape index (κ1) is 17.1. The number of hydrogen-bond donors (Lipinski definition) is 2. The Bertz CT molecular complexity index is 1080. The number of fused-ring (bicyclic) bond motifs is 1. The number of aromatic nitrogens is 2. The number of nitrogens with zero attached hydrogens (tertiary/aromatic N) is 1. The Morgan fingerprint density at radius 3 is 2.59 bits per heavy atom. The maximum atomic E-state index is 12.7. The fourth-order valence-corrected chi connectivity index (χ4v) is 3.88. The SMILES string of the molecule is COC(=O)C1=C(C)NC(C)=C(c2ccccn2)C1c1c[nH]c2ccccc12. The minimum Gasteiger partial charge on any atom is -0.466 e. The predicted octanol–water partition coefficient (Wildman–Crippen LogP) is 4.13. The maximum absolute atomic E-state index is 12.7. The zero-order valence-electron chi connectivity index (χ0n) is 15.5. The lowest BCUT2D eigenvalue weighted by molar-refractivity contribution is -0.136. The molecule has 1 atom stereocenters. The summed E-state index contributed by atoms with van der Waals surface area (Å²) in [5.74, 6) is -0.610. The molecule has 1 aliphatic rings. The zero-order valence-corrected chi connectivity index (χ0v) is 15.5. The summed E-state index contributed by atoms with van der Waals surface area (Å²) in [4.78, 5) is 20.6. The number of methoxy groups -OCH3 is 1. The van der Waals surface area contributed by atoms with Gasteiger partial charge in [-0.05, 0) is 37.6 Å². The number of carbonyl (C=O) groups excluding carboxylic acids is 1. The van der Waals surface area contributed by atoms with E-state index in [1.165, 1.54) is 7.11 Å². The van der Waals surface area contributed by atoms with Crippen molar-refractivity contribution in [3.63, 3.8) is 0 Å². The molecule has 0 aliphatic carbocycles. The molecule has 0 fully saturated rings. The molecule has 3 heterocycles. The molecule has 0 bridgehead atoms. The van der Waals surface area contributed by atoms with E-state index in [0.717, 1.165) is 39.1 Å². The molecule has 3 aromatic rings. The Hall–Kier alpha value is -3.34. The van der Waals surface area contributed by atoms with Gasteiger partial charge < -0.3 is 15.0 Å². The fraction of sp³-hybridized carbons (Fsp3) is 0.182. The van der Waals surface area contributed by atoms with Gasteiger partial charge in [-0.15, -0.1) is 0 Å². The van der Waals surface area contributed by atoms with Crippen molar-refractivity contribution in [1.29, 1.82) is 0 Å². The van der Waals surface area contributed by atoms with Gasteiger partial charge in [0.25, 0.3) is 0 Å². The third-order valence-electron chi connectivity index (χ3n) is 5.04. The molecule has 5 heteroatoms. The van der Waals surface area contributed by atoms with E-state index in [1.807, 2.05) is 56.4 Å². The van der Waals surface area contributed by atoms with Crippen LogP contribution >= 0.6 is 0 Å². The summed E-state index contributed by atoms with van der Waals surface area (Å²) in [6.07, 6.45) is 3.75. The lowest BCUT2D eigenvalue weighted by Gasteiger charge is -2.31. The first-order valence-electron chi connectivity index (χ1n) is 8.86. The van der Waals surface area contributed by atoms with Crippen LogP contribution in [0, 0.1) is 0 Å². The summed E-state index contributed by atoms with van der Waals surface area (Å²) in [5.41, 5.74) is 6.27. The number of esters is 1. The number of allylic oxidation sites excluding steroid dienone is 3. The molecule has 1 aromatic carbocycles. The van der Waals surface area contributed by atoms with Crippen molar-refractivity contribution < 1.29 is 9.53 Å². The number of nitrogens with one attached hydrogen (secondary N) is 2. The topological polar surface area (TPSA) is 67.0 Å². The normalized spacial score (nSPS) is 17.2. The van der Waals surface area contributed by atoms with Gasteiger partial charge in [-0.1, -0.05) is 24.3 Å². The molecule has 2 N–H and O–H groups in total. The molecular weight excluding hydrogens is 338 g/mol. The summed E-state index contributed by atoms with van der Waals surface area (Å²) in [6, 6.07) is 13.9. The van der Waals surface area contributed by atoms with Crippen LogP contribution in [0.15, 0.2) is 71.8 Å². The second-order valence-electron chi connectivity index (χ2n) is 6.63. The van der Waals surface area contributed by atoms with Crippen LogP contribution in [0.4, 0.5) is 0 Å². The molecule has 0 amide bonds. The van der Waals surface area contributed by atoms with Gasteiger partial charge >= 0.3 is 5.97 Å². The van der Waals surface area contributed by atoms with Crippen LogP contribution in [-0.4, -0.2) is 23.0 Å². The molecule has 1 unspecified atom stereocenters. The van der Waals surface area contributed by atoms with Crippen LogP contribution in [0.3, 0.4) is 0 Å². The molecule has 0 saturated heterocycles. The minimum atomic E-state index is -0.337. The molecular formula is C22H21N3O2. The molecule has 4 rings (SSSR count). The van der Waals surface area contributed by atoms with Gasteiger partial charge in [0, 0.05) is 46.2 Å². The average Bonchev–Trinajstić information content (AvgIpc) is 3.11. The highest BCUT2D eigenvalue weighted by Gasteiger charge is 2.36. The first-order chi connectivity index (χ1) is 13.1. The van der Waals surface area contributed by atoms with Gasteiger partial charge in [0.15, 0.2) is 0 Å². The van der Waals surface area contributed by atoms with Crippen LogP contribution in [0.25, 0.3) is 16.5 Å². The monoisotopic (exact) mass is 359 g/mol. The quantitative estimate of drug-likeness (QED) is 0.690. The first-order valence-corrected chi connectivity index (χ1v) is 8.86. The molecule has 136 valence electrons. The summed E-state index contributed by atoms with van der Waals surface area (Å²) in [5, 5.41) is 4.42. The van der Waals surface area contributed by atoms with Crippen molar-refractivity contribution in [2.24, 2.45) is 0 Å². The standard InChI is InChI=1S/C22H21N3O2/c1-13-19(18-10-6-7-11-23-18)21(20(14(2)25-13)22(26)27-3)16-12-24-17-9-5-4-8-15(16)17/h4-12,21,24-25H,1-3H3. The van der Waals surface area contributed by atoms with Gasteiger partial charge in [-0.25, -0.2) is 4.79 Å². The average molecular weight is 359 g/mol. The van der Waals surface area contributed by atoms with Crippen LogP contribution < -0.4 is 5.32 Å². The van der Waals surface area contributed by atoms with E-state index in [9.17, 15) is 4.79 Å². The number of ether oxygens (including phenoxy) is 1. The molecule has 2 aromatic heterocycles. The lowest BCUT2D eigenvalue weighted by Crippen LogP contribution is -2.28. The summed E-state index contributed by atoms with van der Waals surface area (Å²) in [7, 11) is 1.42. The van der Waals surface area contributed by atoms with E-state index in [0.29, 0.717) is 5.57 Å². The highest BCUT2D eigenvalue weighted by atomic mass is 16.5. The number of carbonyl (C=O) groups is 1. The number of rotatable bonds is 3. The molecule has 0 spiro atoms. The Labute approximate surface area is 157 Å². The zero-order chi connectivity index (χ0) is 19.0. The van der Waals surface area contributed by atoms with Crippen LogP contribution in [-0.2, 0) is 9.53 Å². The summed E-state index contributed by atoms with van der Waals surface area (Å²) < 4.78 is 5.13. The number of hydrogen-bond acceptors (Lipinski definition) is 4. The second-order valence-corrected chi connectivity index (χ2v) is 6.63. The van der Waals surface area contributed by atoms with Crippen LogP contribution in [0.2, 0.25) is 0 Å². The number of benzene rings is 1. The fourth-order valence-electron chi connectivity index (χ4n) is 3.88. The number of H-pyrrole nitrogens is 1. The number of dihydropyridines is 1. The Balaban J connectivity index is 2.00. The van der Waals surface area contributed by atoms with Crippen molar-refractivity contribution in [3.8, 4) is 0 Å². The molecule has 0 radical (unpaired) electrons. The molecule has 0 saturated carbocycles. The van der Waals surface area contributed by atoms with Crippen LogP contribution in [0.5, 0.6) is 0 Å². The highest BCUT2D eigenvalue weighted by Crippen LogP contribution is 2.45. The third kappa shape index (κ3) is 2.81. The summed E-state index contributed by atoms with van der Waals surface area (Å²) in [6.45, 7) is 3.93. The molecule has 5 nitrogen and oxygen atoms in total. The van der Waals surface area contributed by atoms with Gasteiger partial charge in [0.1, 0.15) is 0 Å². The third-order valence-corrected chi connectivity index (χ3v) is 5.04. The van der Waals surface area contributed by atoms with Crippen molar-refractivity contribution in [2.45, 2.75) is 19.8 Å². The summed E-state index contributed by atoms with van der Waals surface area (Å²) >= 11 is 0. The largest absolute Gasteiger partial charge is 0.466 e. The van der Waals surface area contributed by atoms with Crippen molar-refractivity contribution in [2.75, 3.05) is 7.11 Å². The van der Waals surface area contributed by atoms with Gasteiger partial charge in [-0.2, -0.15) is 0 Å². The predicted molar refractivity (Wildman–Crippen MR) is 106 cm³/mol. The van der Waals surface area contributed by atoms with Crippen LogP contribution in [0.1, 0.15) is 31.0 Å². The number of pyridine rings is 1. The van der Waals surface area contributed by atoms with Gasteiger partial charge in [0.2, 0.25) is 0 Å². The number of para-hydroxylation sites is 1. The second kappa shape index (κ2) is 6.76. The maximum Gasteiger partial charge on any atom is 0.336 e. The van der Waals surface area contributed by atoms with Crippen molar-refractivity contribution in [1.82, 2.24) is 15.3 Å². The number of aromatic amines is 1. The van der Waals surface area contributed by atoms with Crippen molar-refractivity contribution >= 4 is 22.4 Å². The lowest BCUT2D eigenvalue weighted by atomic mass is 9.79. The van der Waals surface area contributed by atoms with E-state index >= 15 is 0 Å². The minimum absolute atomic E-state index is 0.273. The van der Waals surface area contributed by atoms with E-state index in [2.05, 4.69) is 21.4 Å². The Kier molecular flexibility index (Phi) is 4.28. The van der Waals surface area contributed by atoms with Gasteiger partial charge in [-0.3, -0.25) is 4.98 Å². The van der Waals surface area contributed by atoms with Crippen molar-refractivity contribution in [3.05, 3.63) is 83.1 Å². The highest BCUT2D eigenvalue weighted by molar-refractivity contribution is 5.99. The molecule has 1 aliphatic heterocycles. The van der Waals surface area contributed by atoms with E-state index in [4.69, 9.17) is 4.74 Å². The van der Waals surface area contributed by atoms with E-state index in [-0.39, 0.29) is 11.9 Å². The van der Waals surface area contributed by atoms with Gasteiger partial charge in [0.05, 0.1) is 18.4 Å². The smallest absolute Gasteiger partial charge is 0.336 e. The Morgan fingerprint density at radius 1 is 1.07 bits per heavy atom. The van der Waals surface area contributed by atoms with E-state index in [1.54, 1.807) is 6.20 Å². The van der Waals surface area contributed by atoms with E-state index < -0.39 is 0 Å².